The predicted molar refractivity (Wildman–Crippen MR) is 97.2 cm³/mol. The number of hydrogen-bond donors (Lipinski definition) is 1. The molecular formula is C19H22N4O3. The number of aromatic nitrogens is 2. The molecule has 0 saturated carbocycles. The highest BCUT2D eigenvalue weighted by Crippen LogP contribution is 2.32. The molecule has 0 atom stereocenters. The van der Waals surface area contributed by atoms with E-state index in [1.54, 1.807) is 12.1 Å². The number of rotatable bonds is 3. The molecule has 0 aliphatic carbocycles. The van der Waals surface area contributed by atoms with Crippen molar-refractivity contribution in [2.75, 3.05) is 36.5 Å². The van der Waals surface area contributed by atoms with Gasteiger partial charge in [0.15, 0.2) is 17.4 Å². The smallest absolute Gasteiger partial charge is 0.256 e. The molecule has 1 aromatic heterocycles. The third-order valence-electron chi connectivity index (χ3n) is 4.84. The van der Waals surface area contributed by atoms with Gasteiger partial charge in [-0.05, 0) is 31.2 Å². The molecule has 7 heteroatoms. The Balaban J connectivity index is 1.37. The molecule has 2 aromatic rings. The van der Waals surface area contributed by atoms with Crippen molar-refractivity contribution < 1.29 is 14.3 Å². The average Bonchev–Trinajstić information content (AvgIpc) is 3.11. The van der Waals surface area contributed by atoms with E-state index in [2.05, 4.69) is 20.4 Å². The number of anilines is 2. The molecule has 1 spiro atoms. The first kappa shape index (κ1) is 16.9. The molecule has 2 aliphatic heterocycles. The van der Waals surface area contributed by atoms with Crippen LogP contribution in [0.4, 0.5) is 11.6 Å². The van der Waals surface area contributed by atoms with Gasteiger partial charge in [-0.15, -0.1) is 10.2 Å². The number of benzene rings is 1. The minimum atomic E-state index is -0.397. The third kappa shape index (κ3) is 3.54. The standard InChI is InChI=1S/C19H22N4O3/c1-14-3-2-4-15(13-14)18(24)20-16-5-6-17(22-21-16)23-9-7-19(8-10-23)25-11-12-26-19/h2-6,13H,7-12H2,1H3,(H,20,21,24). The summed E-state index contributed by atoms with van der Waals surface area (Å²) in [6.45, 7) is 4.92. The number of amides is 1. The Kier molecular flexibility index (Phi) is 4.57. The van der Waals surface area contributed by atoms with Crippen LogP contribution < -0.4 is 10.2 Å². The fourth-order valence-electron chi connectivity index (χ4n) is 3.40. The van der Waals surface area contributed by atoms with Gasteiger partial charge < -0.3 is 19.7 Å². The molecule has 2 fully saturated rings. The molecule has 0 bridgehead atoms. The van der Waals surface area contributed by atoms with Gasteiger partial charge in [-0.25, -0.2) is 0 Å². The van der Waals surface area contributed by atoms with E-state index in [0.717, 1.165) is 37.3 Å². The van der Waals surface area contributed by atoms with Crippen molar-refractivity contribution in [2.45, 2.75) is 25.6 Å². The van der Waals surface area contributed by atoms with E-state index in [9.17, 15) is 4.79 Å². The van der Waals surface area contributed by atoms with Crippen molar-refractivity contribution in [3.05, 3.63) is 47.5 Å². The van der Waals surface area contributed by atoms with E-state index >= 15 is 0 Å². The topological polar surface area (TPSA) is 76.6 Å². The van der Waals surface area contributed by atoms with Crippen molar-refractivity contribution in [3.63, 3.8) is 0 Å². The van der Waals surface area contributed by atoms with E-state index in [0.29, 0.717) is 24.6 Å². The molecule has 2 aliphatic rings. The summed E-state index contributed by atoms with van der Waals surface area (Å²) in [6.07, 6.45) is 1.64. The largest absolute Gasteiger partial charge is 0.355 e. The number of ether oxygens (including phenoxy) is 2. The van der Waals surface area contributed by atoms with Gasteiger partial charge in [0.1, 0.15) is 0 Å². The SMILES string of the molecule is Cc1cccc(C(=O)Nc2ccc(N3CCC4(CC3)OCCO4)nn2)c1. The van der Waals surface area contributed by atoms with E-state index in [-0.39, 0.29) is 5.91 Å². The van der Waals surface area contributed by atoms with Crippen LogP contribution in [0.3, 0.4) is 0 Å². The Morgan fingerprint density at radius 3 is 2.54 bits per heavy atom. The Morgan fingerprint density at radius 2 is 1.88 bits per heavy atom. The van der Waals surface area contributed by atoms with Crippen LogP contribution in [0.2, 0.25) is 0 Å². The maximum Gasteiger partial charge on any atom is 0.256 e. The second-order valence-corrected chi connectivity index (χ2v) is 6.70. The fraction of sp³-hybridized carbons (Fsp3) is 0.421. The van der Waals surface area contributed by atoms with Crippen molar-refractivity contribution in [1.82, 2.24) is 10.2 Å². The van der Waals surface area contributed by atoms with E-state index in [4.69, 9.17) is 9.47 Å². The molecule has 0 unspecified atom stereocenters. The van der Waals surface area contributed by atoms with Crippen LogP contribution in [-0.4, -0.2) is 48.2 Å². The molecule has 1 amide bonds. The van der Waals surface area contributed by atoms with Gasteiger partial charge in [-0.2, -0.15) is 0 Å². The van der Waals surface area contributed by atoms with Gasteiger partial charge in [0.05, 0.1) is 13.2 Å². The van der Waals surface area contributed by atoms with E-state index in [1.165, 1.54) is 0 Å². The van der Waals surface area contributed by atoms with Gasteiger partial charge in [-0.1, -0.05) is 17.7 Å². The highest BCUT2D eigenvalue weighted by molar-refractivity contribution is 6.03. The quantitative estimate of drug-likeness (QED) is 0.912. The summed E-state index contributed by atoms with van der Waals surface area (Å²) in [5.74, 6) is 0.653. The molecule has 0 radical (unpaired) electrons. The summed E-state index contributed by atoms with van der Waals surface area (Å²) in [7, 11) is 0. The normalized spacial score (nSPS) is 18.9. The maximum absolute atomic E-state index is 12.3. The Bertz CT molecular complexity index is 778. The first-order chi connectivity index (χ1) is 12.6. The van der Waals surface area contributed by atoms with E-state index in [1.807, 2.05) is 31.2 Å². The minimum Gasteiger partial charge on any atom is -0.355 e. The van der Waals surface area contributed by atoms with Crippen LogP contribution >= 0.6 is 0 Å². The molecule has 3 heterocycles. The Morgan fingerprint density at radius 1 is 1.12 bits per heavy atom. The lowest BCUT2D eigenvalue weighted by molar-refractivity contribution is -0.169. The predicted octanol–water partition coefficient (Wildman–Crippen LogP) is 2.38. The molecule has 1 N–H and O–H groups in total. The lowest BCUT2D eigenvalue weighted by Crippen LogP contribution is -2.45. The number of hydrogen-bond acceptors (Lipinski definition) is 6. The summed E-state index contributed by atoms with van der Waals surface area (Å²) >= 11 is 0. The molecule has 4 rings (SSSR count). The highest BCUT2D eigenvalue weighted by Gasteiger charge is 2.40. The van der Waals surface area contributed by atoms with Crippen molar-refractivity contribution in [1.29, 1.82) is 0 Å². The van der Waals surface area contributed by atoms with Crippen molar-refractivity contribution in [2.24, 2.45) is 0 Å². The van der Waals surface area contributed by atoms with Crippen LogP contribution in [0.5, 0.6) is 0 Å². The highest BCUT2D eigenvalue weighted by atomic mass is 16.7. The molecule has 26 heavy (non-hydrogen) atoms. The summed E-state index contributed by atoms with van der Waals surface area (Å²) in [6, 6.07) is 11.1. The summed E-state index contributed by atoms with van der Waals surface area (Å²) in [5.41, 5.74) is 1.64. The lowest BCUT2D eigenvalue weighted by atomic mass is 10.0. The third-order valence-corrected chi connectivity index (χ3v) is 4.84. The molecule has 7 nitrogen and oxygen atoms in total. The lowest BCUT2D eigenvalue weighted by Gasteiger charge is -2.37. The van der Waals surface area contributed by atoms with Gasteiger partial charge in [-0.3, -0.25) is 4.79 Å². The van der Waals surface area contributed by atoms with Gasteiger partial charge >= 0.3 is 0 Å². The van der Waals surface area contributed by atoms with Crippen molar-refractivity contribution >= 4 is 17.5 Å². The first-order valence-corrected chi connectivity index (χ1v) is 8.88. The van der Waals surface area contributed by atoms with Gasteiger partial charge in [0, 0.05) is 31.5 Å². The summed E-state index contributed by atoms with van der Waals surface area (Å²) in [4.78, 5) is 14.4. The van der Waals surface area contributed by atoms with Crippen molar-refractivity contribution in [3.8, 4) is 0 Å². The Labute approximate surface area is 152 Å². The molecule has 1 aromatic carbocycles. The zero-order chi connectivity index (χ0) is 18.0. The van der Waals surface area contributed by atoms with E-state index < -0.39 is 5.79 Å². The number of aryl methyl sites for hydroxylation is 1. The molecular weight excluding hydrogens is 332 g/mol. The van der Waals surface area contributed by atoms with Crippen LogP contribution in [0.25, 0.3) is 0 Å². The van der Waals surface area contributed by atoms with Crippen LogP contribution in [0.15, 0.2) is 36.4 Å². The average molecular weight is 354 g/mol. The second-order valence-electron chi connectivity index (χ2n) is 6.70. The minimum absolute atomic E-state index is 0.189. The first-order valence-electron chi connectivity index (χ1n) is 8.88. The van der Waals surface area contributed by atoms with Gasteiger partial charge in [0.2, 0.25) is 0 Å². The van der Waals surface area contributed by atoms with Gasteiger partial charge in [0.25, 0.3) is 5.91 Å². The summed E-state index contributed by atoms with van der Waals surface area (Å²) in [5, 5.41) is 11.2. The number of piperidine rings is 1. The fourth-order valence-corrected chi connectivity index (χ4v) is 3.40. The zero-order valence-corrected chi connectivity index (χ0v) is 14.8. The molecule has 136 valence electrons. The number of carbonyl (C=O) groups excluding carboxylic acids is 1. The van der Waals surface area contributed by atoms with Crippen LogP contribution in [-0.2, 0) is 9.47 Å². The monoisotopic (exact) mass is 354 g/mol. The second kappa shape index (κ2) is 7.01. The molecule has 2 saturated heterocycles. The zero-order valence-electron chi connectivity index (χ0n) is 14.8. The maximum atomic E-state index is 12.3. The van der Waals surface area contributed by atoms with Crippen LogP contribution in [0.1, 0.15) is 28.8 Å². The summed E-state index contributed by atoms with van der Waals surface area (Å²) < 4.78 is 11.5. The number of nitrogens with zero attached hydrogens (tertiary/aromatic N) is 3. The number of nitrogens with one attached hydrogen (secondary N) is 1. The Hall–Kier alpha value is -2.51. The van der Waals surface area contributed by atoms with Crippen LogP contribution in [0, 0.1) is 6.92 Å². The number of carbonyl (C=O) groups is 1.